The molecule has 3 rings (SSSR count). The number of allylic oxidation sites excluding steroid dienone is 1. The number of nitrogens with zero attached hydrogens (tertiary/aromatic N) is 1. The van der Waals surface area contributed by atoms with Gasteiger partial charge in [-0.25, -0.2) is 0 Å². The Kier molecular flexibility index (Phi) is 4.06. The summed E-state index contributed by atoms with van der Waals surface area (Å²) in [4.78, 5) is 4.28. The van der Waals surface area contributed by atoms with Gasteiger partial charge in [-0.05, 0) is 58.1 Å². The van der Waals surface area contributed by atoms with Crippen LogP contribution in [0.5, 0.6) is 0 Å². The fraction of sp³-hybridized carbons (Fsp3) is 0.529. The Hall–Kier alpha value is -1.66. The number of hydrogen-bond acceptors (Lipinski definition) is 5. The zero-order valence-corrected chi connectivity index (χ0v) is 14.2. The van der Waals surface area contributed by atoms with Crippen molar-refractivity contribution in [3.63, 3.8) is 0 Å². The topological polar surface area (TPSA) is 67.2 Å². The van der Waals surface area contributed by atoms with Crippen LogP contribution < -0.4 is 5.32 Å². The van der Waals surface area contributed by atoms with Gasteiger partial charge in [0.2, 0.25) is 0 Å². The Balaban J connectivity index is 1.73. The van der Waals surface area contributed by atoms with Gasteiger partial charge in [0.15, 0.2) is 0 Å². The first kappa shape index (κ1) is 16.2. The Morgan fingerprint density at radius 3 is 2.48 bits per heavy atom. The summed E-state index contributed by atoms with van der Waals surface area (Å²) in [6.45, 7) is 8.02. The van der Waals surface area contributed by atoms with E-state index in [2.05, 4.69) is 16.4 Å². The first-order chi connectivity index (χ1) is 10.8. The predicted molar refractivity (Wildman–Crippen MR) is 92.8 cm³/mol. The lowest BCUT2D eigenvalue weighted by Crippen LogP contribution is -2.41. The maximum atomic E-state index is 7.66. The normalized spacial score (nSPS) is 23.0. The van der Waals surface area contributed by atoms with Gasteiger partial charge >= 0.3 is 7.12 Å². The van der Waals surface area contributed by atoms with Crippen LogP contribution in [0.4, 0.5) is 5.69 Å². The first-order valence-electron chi connectivity index (χ1n) is 8.10. The predicted octanol–water partition coefficient (Wildman–Crippen LogP) is 3.54. The van der Waals surface area contributed by atoms with Gasteiger partial charge in [-0.15, -0.1) is 0 Å². The molecule has 1 aliphatic heterocycles. The molecule has 2 N–H and O–H groups in total. The Morgan fingerprint density at radius 2 is 1.91 bits per heavy atom. The highest BCUT2D eigenvalue weighted by Crippen LogP contribution is 2.40. The third-order valence-electron chi connectivity index (χ3n) is 4.91. The van der Waals surface area contributed by atoms with E-state index in [0.717, 1.165) is 5.69 Å². The molecular formula is C17H24BN3O2. The highest BCUT2D eigenvalue weighted by molar-refractivity contribution is 6.60. The number of hydrogen-bond donors (Lipinski definition) is 2. The number of rotatable bonds is 5. The number of pyridine rings is 1. The second kappa shape index (κ2) is 5.76. The van der Waals surface area contributed by atoms with Gasteiger partial charge in [0.05, 0.1) is 23.1 Å². The van der Waals surface area contributed by atoms with Crippen molar-refractivity contribution in [1.82, 2.24) is 4.98 Å². The highest BCUT2D eigenvalue weighted by atomic mass is 16.7. The molecule has 0 amide bonds. The molecular weight excluding hydrogens is 289 g/mol. The quantitative estimate of drug-likeness (QED) is 0.644. The number of aromatic nitrogens is 1. The van der Waals surface area contributed by atoms with Crippen LogP contribution in [-0.4, -0.2) is 29.5 Å². The molecule has 0 bridgehead atoms. The number of nitrogens with one attached hydrogen (secondary N) is 2. The summed E-state index contributed by atoms with van der Waals surface area (Å²) in [5, 5.41) is 10.9. The molecule has 6 heteroatoms. The van der Waals surface area contributed by atoms with E-state index in [1.807, 2.05) is 33.9 Å². The van der Waals surface area contributed by atoms with E-state index >= 15 is 0 Å². The van der Waals surface area contributed by atoms with Crippen molar-refractivity contribution in [3.05, 3.63) is 35.7 Å². The van der Waals surface area contributed by atoms with Gasteiger partial charge in [-0.1, -0.05) is 0 Å². The highest BCUT2D eigenvalue weighted by Gasteiger charge is 2.52. The molecule has 2 fully saturated rings. The van der Waals surface area contributed by atoms with Gasteiger partial charge in [0.25, 0.3) is 0 Å². The summed E-state index contributed by atoms with van der Waals surface area (Å²) in [6.07, 6.45) is 9.25. The molecule has 5 nitrogen and oxygen atoms in total. The zero-order chi connectivity index (χ0) is 16.7. The number of anilines is 1. The maximum Gasteiger partial charge on any atom is 0.497 e. The molecule has 1 aromatic rings. The van der Waals surface area contributed by atoms with Crippen molar-refractivity contribution >= 4 is 19.0 Å². The van der Waals surface area contributed by atoms with Crippen LogP contribution in [0.1, 0.15) is 52.0 Å². The van der Waals surface area contributed by atoms with Crippen LogP contribution in [0.15, 0.2) is 30.1 Å². The zero-order valence-electron chi connectivity index (χ0n) is 14.2. The second-order valence-electron chi connectivity index (χ2n) is 7.30. The van der Waals surface area contributed by atoms with Crippen molar-refractivity contribution in [1.29, 1.82) is 5.41 Å². The van der Waals surface area contributed by atoms with Crippen molar-refractivity contribution < 1.29 is 9.31 Å². The molecule has 0 aromatic carbocycles. The van der Waals surface area contributed by atoms with E-state index in [-0.39, 0.29) is 0 Å². The Labute approximate surface area is 138 Å². The van der Waals surface area contributed by atoms with Crippen LogP contribution in [0.25, 0.3) is 0 Å². The third-order valence-corrected chi connectivity index (χ3v) is 4.91. The lowest BCUT2D eigenvalue weighted by molar-refractivity contribution is 0.00578. The van der Waals surface area contributed by atoms with Crippen LogP contribution in [0.2, 0.25) is 0 Å². The van der Waals surface area contributed by atoms with Crippen molar-refractivity contribution in [3.8, 4) is 0 Å². The van der Waals surface area contributed by atoms with Crippen LogP contribution in [-0.2, 0) is 9.31 Å². The molecule has 1 saturated heterocycles. The maximum absolute atomic E-state index is 7.66. The van der Waals surface area contributed by atoms with E-state index in [9.17, 15) is 0 Å². The molecule has 1 aromatic heterocycles. The van der Waals surface area contributed by atoms with Gasteiger partial charge in [0.1, 0.15) is 0 Å². The molecule has 122 valence electrons. The summed E-state index contributed by atoms with van der Waals surface area (Å²) < 4.78 is 12.0. The first-order valence-corrected chi connectivity index (χ1v) is 8.10. The monoisotopic (exact) mass is 313 g/mol. The Morgan fingerprint density at radius 1 is 1.26 bits per heavy atom. The van der Waals surface area contributed by atoms with Crippen LogP contribution >= 0.6 is 0 Å². The van der Waals surface area contributed by atoms with E-state index in [4.69, 9.17) is 14.7 Å². The van der Waals surface area contributed by atoms with Gasteiger partial charge < -0.3 is 20.0 Å². The van der Waals surface area contributed by atoms with Crippen LogP contribution in [0.3, 0.4) is 0 Å². The molecule has 0 unspecified atom stereocenters. The fourth-order valence-electron chi connectivity index (χ4n) is 2.50. The largest absolute Gasteiger partial charge is 0.497 e. The lowest BCUT2D eigenvalue weighted by Gasteiger charge is -2.32. The second-order valence-corrected chi connectivity index (χ2v) is 7.30. The van der Waals surface area contributed by atoms with Crippen molar-refractivity contribution in [2.45, 2.75) is 57.7 Å². The summed E-state index contributed by atoms with van der Waals surface area (Å²) in [7, 11) is -0.537. The molecule has 23 heavy (non-hydrogen) atoms. The summed E-state index contributed by atoms with van der Waals surface area (Å²) in [5.74, 6) is 0.665. The average Bonchev–Trinajstić information content (AvgIpc) is 3.28. The third kappa shape index (κ3) is 3.33. The van der Waals surface area contributed by atoms with E-state index in [0.29, 0.717) is 11.4 Å². The smallest absolute Gasteiger partial charge is 0.399 e. The molecule has 1 aliphatic carbocycles. The standard InChI is InChI=1S/C17H24BN3O2/c1-16(2)17(3,4)23-18(22-16)14(8-19)10-21-15-7-13(9-20-11-15)12-5-6-12/h7-12,19,21H,5-6H2,1-4H3/b14-10+,19-8?. The van der Waals surface area contributed by atoms with E-state index < -0.39 is 18.3 Å². The molecule has 2 aliphatic rings. The van der Waals surface area contributed by atoms with Crippen LogP contribution in [0, 0.1) is 5.41 Å². The molecule has 2 heterocycles. The van der Waals surface area contributed by atoms with Gasteiger partial charge in [-0.3, -0.25) is 4.98 Å². The summed E-state index contributed by atoms with van der Waals surface area (Å²) in [5.41, 5.74) is 2.03. The fourth-order valence-corrected chi connectivity index (χ4v) is 2.50. The van der Waals surface area contributed by atoms with E-state index in [1.165, 1.54) is 24.6 Å². The molecule has 0 atom stereocenters. The summed E-state index contributed by atoms with van der Waals surface area (Å²) >= 11 is 0. The Bertz CT molecular complexity index is 622. The average molecular weight is 313 g/mol. The summed E-state index contributed by atoms with van der Waals surface area (Å²) in [6, 6.07) is 2.12. The van der Waals surface area contributed by atoms with Crippen molar-refractivity contribution in [2.75, 3.05) is 5.32 Å². The molecule has 1 saturated carbocycles. The van der Waals surface area contributed by atoms with Gasteiger partial charge in [-0.2, -0.15) is 0 Å². The minimum absolute atomic E-state index is 0.410. The minimum Gasteiger partial charge on any atom is -0.399 e. The molecule has 0 spiro atoms. The SMILES string of the molecule is CC1(C)OB(/C(C=N)=C/Nc2cncc(C3CC3)c2)OC1(C)C. The van der Waals surface area contributed by atoms with Gasteiger partial charge in [0, 0.05) is 24.1 Å². The minimum atomic E-state index is -0.537. The lowest BCUT2D eigenvalue weighted by atomic mass is 9.79. The van der Waals surface area contributed by atoms with E-state index in [1.54, 1.807) is 12.4 Å². The van der Waals surface area contributed by atoms with Crippen molar-refractivity contribution in [2.24, 2.45) is 0 Å². The molecule has 0 radical (unpaired) electrons.